The number of rotatable bonds is 1. The number of fused-ring (bicyclic) bond motifs is 3. The third-order valence-electron chi connectivity index (χ3n) is 3.49. The molecule has 0 aliphatic carbocycles. The zero-order chi connectivity index (χ0) is 13.5. The Morgan fingerprint density at radius 3 is 2.60 bits per heavy atom. The zero-order valence-electron chi connectivity index (χ0n) is 11.0. The number of benzene rings is 1. The van der Waals surface area contributed by atoms with Gasteiger partial charge in [0.2, 0.25) is 0 Å². The molecule has 0 unspecified atom stereocenters. The van der Waals surface area contributed by atoms with Gasteiger partial charge in [0.05, 0.1) is 27.3 Å². The molecule has 20 heavy (non-hydrogen) atoms. The Bertz CT molecular complexity index is 911. The second-order valence-corrected chi connectivity index (χ2v) is 5.73. The van der Waals surface area contributed by atoms with Gasteiger partial charge >= 0.3 is 0 Å². The summed E-state index contributed by atoms with van der Waals surface area (Å²) >= 11 is 1.71. The molecular weight excluding hydrogens is 264 g/mol. The van der Waals surface area contributed by atoms with E-state index in [2.05, 4.69) is 46.8 Å². The Balaban J connectivity index is 2.08. The molecule has 0 N–H and O–H groups in total. The summed E-state index contributed by atoms with van der Waals surface area (Å²) in [5, 5.41) is 4.42. The summed E-state index contributed by atoms with van der Waals surface area (Å²) in [6, 6.07) is 16.6. The van der Waals surface area contributed by atoms with Crippen molar-refractivity contribution in [1.82, 2.24) is 9.97 Å². The van der Waals surface area contributed by atoms with E-state index in [1.165, 1.54) is 15.6 Å². The maximum absolute atomic E-state index is 4.82. The van der Waals surface area contributed by atoms with Crippen molar-refractivity contribution in [3.05, 3.63) is 59.6 Å². The van der Waals surface area contributed by atoms with Crippen molar-refractivity contribution < 1.29 is 0 Å². The van der Waals surface area contributed by atoms with Crippen LogP contribution in [-0.4, -0.2) is 9.97 Å². The molecule has 0 radical (unpaired) electrons. The molecule has 0 aliphatic heterocycles. The Labute approximate surface area is 120 Å². The van der Waals surface area contributed by atoms with E-state index < -0.39 is 0 Å². The Kier molecular flexibility index (Phi) is 2.54. The first-order valence-electron chi connectivity index (χ1n) is 6.53. The largest absolute Gasteiger partial charge is 0.251 e. The highest BCUT2D eigenvalue weighted by Gasteiger charge is 2.08. The lowest BCUT2D eigenvalue weighted by Crippen LogP contribution is -1.91. The van der Waals surface area contributed by atoms with Gasteiger partial charge in [-0.1, -0.05) is 24.3 Å². The Morgan fingerprint density at radius 2 is 1.75 bits per heavy atom. The average Bonchev–Trinajstić information content (AvgIpc) is 3.01. The van der Waals surface area contributed by atoms with Gasteiger partial charge in [0.1, 0.15) is 0 Å². The van der Waals surface area contributed by atoms with Gasteiger partial charge in [0, 0.05) is 10.8 Å². The molecule has 2 nitrogen and oxygen atoms in total. The fraction of sp³-hybridized carbons (Fsp3) is 0.0588. The van der Waals surface area contributed by atoms with Crippen LogP contribution < -0.4 is 0 Å². The minimum absolute atomic E-state index is 0.983. The Morgan fingerprint density at radius 1 is 0.850 bits per heavy atom. The second kappa shape index (κ2) is 4.39. The number of aromatic nitrogens is 2. The summed E-state index contributed by atoms with van der Waals surface area (Å²) in [7, 11) is 0. The van der Waals surface area contributed by atoms with E-state index in [1.807, 2.05) is 19.1 Å². The quantitative estimate of drug-likeness (QED) is 0.466. The first-order valence-corrected chi connectivity index (χ1v) is 7.41. The van der Waals surface area contributed by atoms with Crippen molar-refractivity contribution in [3.63, 3.8) is 0 Å². The summed E-state index contributed by atoms with van der Waals surface area (Å²) in [4.78, 5) is 10.7. The summed E-state index contributed by atoms with van der Waals surface area (Å²) in [6.07, 6.45) is 0. The van der Waals surface area contributed by atoms with E-state index in [-0.39, 0.29) is 0 Å². The molecule has 3 heterocycles. The number of nitrogens with zero attached hydrogens (tertiary/aromatic N) is 2. The minimum atomic E-state index is 0.983. The highest BCUT2D eigenvalue weighted by atomic mass is 32.1. The minimum Gasteiger partial charge on any atom is -0.251 e. The van der Waals surface area contributed by atoms with Crippen LogP contribution in [0.1, 0.15) is 5.69 Å². The van der Waals surface area contributed by atoms with Crippen molar-refractivity contribution in [3.8, 4) is 10.6 Å². The van der Waals surface area contributed by atoms with Crippen molar-refractivity contribution in [2.75, 3.05) is 0 Å². The van der Waals surface area contributed by atoms with Crippen LogP contribution in [0.5, 0.6) is 0 Å². The molecule has 3 aromatic heterocycles. The van der Waals surface area contributed by atoms with Crippen LogP contribution in [0.15, 0.2) is 53.9 Å². The van der Waals surface area contributed by atoms with Crippen LogP contribution in [0.3, 0.4) is 0 Å². The monoisotopic (exact) mass is 276 g/mol. The van der Waals surface area contributed by atoms with Gasteiger partial charge in [-0.3, -0.25) is 4.98 Å². The van der Waals surface area contributed by atoms with E-state index >= 15 is 0 Å². The van der Waals surface area contributed by atoms with E-state index in [9.17, 15) is 0 Å². The highest BCUT2D eigenvalue weighted by Crippen LogP contribution is 2.29. The van der Waals surface area contributed by atoms with Crippen LogP contribution in [0.2, 0.25) is 0 Å². The lowest BCUT2D eigenvalue weighted by Gasteiger charge is -2.07. The van der Waals surface area contributed by atoms with Gasteiger partial charge in [-0.2, -0.15) is 0 Å². The molecule has 4 rings (SSSR count). The number of pyridine rings is 2. The lowest BCUT2D eigenvalue weighted by molar-refractivity contribution is 1.25. The maximum atomic E-state index is 4.82. The molecule has 0 spiro atoms. The molecule has 4 aromatic rings. The molecule has 0 saturated heterocycles. The van der Waals surface area contributed by atoms with Gasteiger partial charge in [-0.25, -0.2) is 4.98 Å². The average molecular weight is 276 g/mol. The zero-order valence-corrected chi connectivity index (χ0v) is 11.8. The molecule has 96 valence electrons. The third kappa shape index (κ3) is 1.71. The van der Waals surface area contributed by atoms with E-state index in [1.54, 1.807) is 11.3 Å². The summed E-state index contributed by atoms with van der Waals surface area (Å²) in [6.45, 7) is 2.03. The predicted molar refractivity (Wildman–Crippen MR) is 85.1 cm³/mol. The highest BCUT2D eigenvalue weighted by molar-refractivity contribution is 7.13. The molecule has 0 fully saturated rings. The molecule has 0 bridgehead atoms. The van der Waals surface area contributed by atoms with Crippen LogP contribution in [-0.2, 0) is 0 Å². The van der Waals surface area contributed by atoms with Crippen LogP contribution in [0.4, 0.5) is 0 Å². The van der Waals surface area contributed by atoms with Crippen LogP contribution >= 0.6 is 11.3 Å². The SMILES string of the molecule is Cc1nc2ccccc2c2ccc(-c3cccs3)nc12. The molecule has 0 aliphatic rings. The molecule has 0 amide bonds. The van der Waals surface area contributed by atoms with Crippen molar-refractivity contribution >= 4 is 33.1 Å². The Hall–Kier alpha value is -2.26. The maximum Gasteiger partial charge on any atom is 0.0928 e. The van der Waals surface area contributed by atoms with Crippen molar-refractivity contribution in [2.45, 2.75) is 6.92 Å². The van der Waals surface area contributed by atoms with Gasteiger partial charge in [-0.05, 0) is 36.6 Å². The van der Waals surface area contributed by atoms with Crippen LogP contribution in [0.25, 0.3) is 32.4 Å². The molecule has 1 aromatic carbocycles. The third-order valence-corrected chi connectivity index (χ3v) is 4.39. The number of hydrogen-bond donors (Lipinski definition) is 0. The van der Waals surface area contributed by atoms with Crippen LogP contribution in [0, 0.1) is 6.92 Å². The molecule has 0 saturated carbocycles. The van der Waals surface area contributed by atoms with Gasteiger partial charge in [0.15, 0.2) is 0 Å². The standard InChI is InChI=1S/C17H12N2S/c1-11-17-13(12-5-2-3-6-14(12)18-11)8-9-15(19-17)16-7-4-10-20-16/h2-10H,1H3. The van der Waals surface area contributed by atoms with Gasteiger partial charge in [-0.15, -0.1) is 11.3 Å². The molecule has 0 atom stereocenters. The second-order valence-electron chi connectivity index (χ2n) is 4.78. The van der Waals surface area contributed by atoms with Gasteiger partial charge in [0.25, 0.3) is 0 Å². The topological polar surface area (TPSA) is 25.8 Å². The molecular formula is C17H12N2S. The number of aryl methyl sites for hydroxylation is 1. The first-order chi connectivity index (χ1) is 9.83. The lowest BCUT2D eigenvalue weighted by atomic mass is 10.1. The van der Waals surface area contributed by atoms with E-state index in [4.69, 9.17) is 4.98 Å². The van der Waals surface area contributed by atoms with Crippen molar-refractivity contribution in [1.29, 1.82) is 0 Å². The first kappa shape index (κ1) is 11.6. The predicted octanol–water partition coefficient (Wildman–Crippen LogP) is 4.82. The number of para-hydroxylation sites is 1. The summed E-state index contributed by atoms with van der Waals surface area (Å²) < 4.78 is 0. The van der Waals surface area contributed by atoms with Crippen molar-refractivity contribution in [2.24, 2.45) is 0 Å². The fourth-order valence-electron chi connectivity index (χ4n) is 2.55. The number of hydrogen-bond acceptors (Lipinski definition) is 3. The smallest absolute Gasteiger partial charge is 0.0928 e. The van der Waals surface area contributed by atoms with E-state index in [0.29, 0.717) is 0 Å². The summed E-state index contributed by atoms with van der Waals surface area (Å²) in [5.74, 6) is 0. The van der Waals surface area contributed by atoms with Gasteiger partial charge < -0.3 is 0 Å². The number of thiophene rings is 1. The summed E-state index contributed by atoms with van der Waals surface area (Å²) in [5.41, 5.74) is 4.03. The normalized spacial score (nSPS) is 11.2. The fourth-order valence-corrected chi connectivity index (χ4v) is 3.24. The molecule has 3 heteroatoms. The van der Waals surface area contributed by atoms with E-state index in [0.717, 1.165) is 22.4 Å².